The van der Waals surface area contributed by atoms with Gasteiger partial charge in [0.05, 0.1) is 22.3 Å². The van der Waals surface area contributed by atoms with Gasteiger partial charge in [0.1, 0.15) is 5.75 Å². The average molecular weight is 421 g/mol. The van der Waals surface area contributed by atoms with Crippen LogP contribution >= 0.6 is 11.3 Å². The highest BCUT2D eigenvalue weighted by Crippen LogP contribution is 2.42. The standard InChI is InChI=1S/C23H24N4O2S/c1-14-15(13-26(25-14)16-7-3-4-8-16)11-20-21(28)27-18-12-23(2,24-22(27)30-20)29-19-10-6-5-9-17(18)19/h5-6,9-11,13,16,18H,3-4,7-8,12H2,1-2H3/b20-11-. The lowest BCUT2D eigenvalue weighted by Crippen LogP contribution is -2.49. The number of ether oxygens (including phenoxy) is 1. The number of thiazole rings is 1. The van der Waals surface area contributed by atoms with Gasteiger partial charge in [0.25, 0.3) is 5.56 Å². The van der Waals surface area contributed by atoms with Crippen molar-refractivity contribution in [1.82, 2.24) is 14.3 Å². The van der Waals surface area contributed by atoms with Crippen molar-refractivity contribution in [2.75, 3.05) is 0 Å². The van der Waals surface area contributed by atoms with Crippen molar-refractivity contribution in [2.24, 2.45) is 4.99 Å². The van der Waals surface area contributed by atoms with Gasteiger partial charge in [0, 0.05) is 23.7 Å². The molecular weight excluding hydrogens is 396 g/mol. The Bertz CT molecular complexity index is 1330. The molecular formula is C23H24N4O2S. The number of aryl methyl sites for hydroxylation is 1. The molecule has 1 fully saturated rings. The van der Waals surface area contributed by atoms with Crippen LogP contribution in [0.4, 0.5) is 0 Å². The number of hydrogen-bond acceptors (Lipinski definition) is 5. The predicted molar refractivity (Wildman–Crippen MR) is 116 cm³/mol. The highest BCUT2D eigenvalue weighted by Gasteiger charge is 2.42. The maximum absolute atomic E-state index is 13.4. The van der Waals surface area contributed by atoms with Crippen LogP contribution in [-0.4, -0.2) is 20.1 Å². The van der Waals surface area contributed by atoms with Gasteiger partial charge < -0.3 is 4.74 Å². The van der Waals surface area contributed by atoms with Gasteiger partial charge in [-0.05, 0) is 38.8 Å². The monoisotopic (exact) mass is 420 g/mol. The fourth-order valence-electron chi connectivity index (χ4n) is 5.07. The first-order valence-electron chi connectivity index (χ1n) is 10.7. The highest BCUT2D eigenvalue weighted by atomic mass is 32.1. The SMILES string of the molecule is Cc1nn(C2CCCC2)cc1/C=c1\sc2n(c1=O)C1CC(C)(N=2)Oc2ccccc21. The fraction of sp³-hybridized carbons (Fsp3) is 0.435. The maximum atomic E-state index is 13.4. The fourth-order valence-corrected chi connectivity index (χ4v) is 6.19. The van der Waals surface area contributed by atoms with Gasteiger partial charge in [0.2, 0.25) is 5.72 Å². The molecule has 2 atom stereocenters. The van der Waals surface area contributed by atoms with Crippen molar-refractivity contribution in [3.05, 3.63) is 67.0 Å². The molecule has 0 amide bonds. The number of benzene rings is 1. The molecule has 3 aromatic rings. The Hall–Kier alpha value is -2.67. The van der Waals surface area contributed by atoms with Crippen molar-refractivity contribution < 1.29 is 4.74 Å². The molecule has 0 spiro atoms. The molecule has 6 rings (SSSR count). The molecule has 1 aliphatic carbocycles. The van der Waals surface area contributed by atoms with E-state index in [0.29, 0.717) is 17.0 Å². The van der Waals surface area contributed by atoms with Crippen LogP contribution in [0.3, 0.4) is 0 Å². The van der Waals surface area contributed by atoms with Crippen LogP contribution in [-0.2, 0) is 0 Å². The summed E-state index contributed by atoms with van der Waals surface area (Å²) in [6.07, 6.45) is 9.68. The highest BCUT2D eigenvalue weighted by molar-refractivity contribution is 7.07. The summed E-state index contributed by atoms with van der Waals surface area (Å²) in [6.45, 7) is 4.02. The summed E-state index contributed by atoms with van der Waals surface area (Å²) in [6, 6.07) is 8.43. The van der Waals surface area contributed by atoms with E-state index in [1.54, 1.807) is 0 Å². The second-order valence-electron chi connectivity index (χ2n) is 8.80. The first-order chi connectivity index (χ1) is 14.5. The number of fused-ring (bicyclic) bond motifs is 6. The van der Waals surface area contributed by atoms with Crippen molar-refractivity contribution in [2.45, 2.75) is 63.8 Å². The van der Waals surface area contributed by atoms with Crippen LogP contribution in [0.1, 0.15) is 67.9 Å². The molecule has 1 saturated carbocycles. The van der Waals surface area contributed by atoms with Crippen LogP contribution < -0.4 is 19.6 Å². The molecule has 154 valence electrons. The lowest BCUT2D eigenvalue weighted by Gasteiger charge is -2.39. The zero-order valence-corrected chi connectivity index (χ0v) is 18.0. The lowest BCUT2D eigenvalue weighted by molar-refractivity contribution is 0.0410. The second kappa shape index (κ2) is 6.41. The Balaban J connectivity index is 1.49. The number of aromatic nitrogens is 3. The van der Waals surface area contributed by atoms with E-state index in [-0.39, 0.29) is 11.6 Å². The summed E-state index contributed by atoms with van der Waals surface area (Å²) in [5, 5.41) is 4.73. The van der Waals surface area contributed by atoms with E-state index in [4.69, 9.17) is 14.8 Å². The van der Waals surface area contributed by atoms with E-state index in [2.05, 4.69) is 16.9 Å². The Kier molecular flexibility index (Phi) is 3.87. The van der Waals surface area contributed by atoms with E-state index in [1.807, 2.05) is 42.7 Å². The Morgan fingerprint density at radius 2 is 2.07 bits per heavy atom. The molecule has 4 heterocycles. The average Bonchev–Trinajstić information content (AvgIpc) is 3.42. The first kappa shape index (κ1) is 18.1. The molecule has 2 bridgehead atoms. The summed E-state index contributed by atoms with van der Waals surface area (Å²) in [5.74, 6) is 0.822. The number of para-hydroxylation sites is 1. The lowest BCUT2D eigenvalue weighted by atomic mass is 9.93. The molecule has 0 N–H and O–H groups in total. The number of hydrogen-bond donors (Lipinski definition) is 0. The zero-order valence-electron chi connectivity index (χ0n) is 17.2. The molecule has 2 unspecified atom stereocenters. The normalized spacial score (nSPS) is 25.5. The van der Waals surface area contributed by atoms with Crippen LogP contribution in [0.2, 0.25) is 0 Å². The number of nitrogens with zero attached hydrogens (tertiary/aromatic N) is 4. The summed E-state index contributed by atoms with van der Waals surface area (Å²) in [4.78, 5) is 19.0. The molecule has 7 heteroatoms. The van der Waals surface area contributed by atoms with Crippen molar-refractivity contribution in [1.29, 1.82) is 0 Å². The van der Waals surface area contributed by atoms with Gasteiger partial charge in [-0.2, -0.15) is 5.10 Å². The van der Waals surface area contributed by atoms with Gasteiger partial charge in [-0.15, -0.1) is 0 Å². The quantitative estimate of drug-likeness (QED) is 0.640. The molecule has 3 aliphatic rings. The Labute approximate surface area is 178 Å². The number of rotatable bonds is 2. The van der Waals surface area contributed by atoms with Crippen LogP contribution in [0, 0.1) is 6.92 Å². The molecule has 2 aromatic heterocycles. The minimum absolute atomic E-state index is 0.0236. The molecule has 0 saturated heterocycles. The largest absolute Gasteiger partial charge is 0.466 e. The molecule has 30 heavy (non-hydrogen) atoms. The minimum Gasteiger partial charge on any atom is -0.466 e. The molecule has 2 aliphatic heterocycles. The topological polar surface area (TPSA) is 61.4 Å². The van der Waals surface area contributed by atoms with E-state index in [9.17, 15) is 4.79 Å². The van der Waals surface area contributed by atoms with Gasteiger partial charge in [-0.1, -0.05) is 42.4 Å². The van der Waals surface area contributed by atoms with Crippen molar-refractivity contribution in [3.63, 3.8) is 0 Å². The Morgan fingerprint density at radius 3 is 2.90 bits per heavy atom. The first-order valence-corrected chi connectivity index (χ1v) is 11.5. The minimum atomic E-state index is -0.628. The summed E-state index contributed by atoms with van der Waals surface area (Å²) < 4.78 is 10.9. The molecule has 6 nitrogen and oxygen atoms in total. The Morgan fingerprint density at radius 1 is 1.27 bits per heavy atom. The summed E-state index contributed by atoms with van der Waals surface area (Å²) in [7, 11) is 0. The molecule has 0 radical (unpaired) electrons. The summed E-state index contributed by atoms with van der Waals surface area (Å²) in [5.41, 5.74) is 2.44. The van der Waals surface area contributed by atoms with Crippen LogP contribution in [0.15, 0.2) is 40.2 Å². The van der Waals surface area contributed by atoms with E-state index in [0.717, 1.165) is 27.4 Å². The second-order valence-corrected chi connectivity index (χ2v) is 9.81. The van der Waals surface area contributed by atoms with Crippen LogP contribution in [0.5, 0.6) is 5.75 Å². The van der Waals surface area contributed by atoms with Crippen molar-refractivity contribution >= 4 is 17.4 Å². The summed E-state index contributed by atoms with van der Waals surface area (Å²) >= 11 is 1.45. The maximum Gasteiger partial charge on any atom is 0.270 e. The van der Waals surface area contributed by atoms with Gasteiger partial charge in [-0.3, -0.25) is 14.0 Å². The molecule has 1 aromatic carbocycles. The van der Waals surface area contributed by atoms with Crippen LogP contribution in [0.25, 0.3) is 6.08 Å². The van der Waals surface area contributed by atoms with Crippen molar-refractivity contribution in [3.8, 4) is 5.75 Å². The third kappa shape index (κ3) is 2.71. The van der Waals surface area contributed by atoms with Gasteiger partial charge in [-0.25, -0.2) is 4.99 Å². The van der Waals surface area contributed by atoms with Gasteiger partial charge >= 0.3 is 0 Å². The zero-order chi connectivity index (χ0) is 20.5. The van der Waals surface area contributed by atoms with E-state index in [1.165, 1.54) is 37.0 Å². The van der Waals surface area contributed by atoms with Gasteiger partial charge in [0.15, 0.2) is 4.80 Å². The smallest absolute Gasteiger partial charge is 0.270 e. The predicted octanol–water partition coefficient (Wildman–Crippen LogP) is 3.08. The third-order valence-electron chi connectivity index (χ3n) is 6.60. The van der Waals surface area contributed by atoms with E-state index < -0.39 is 5.72 Å². The third-order valence-corrected chi connectivity index (χ3v) is 7.58. The van der Waals surface area contributed by atoms with E-state index >= 15 is 0 Å².